The topological polar surface area (TPSA) is 77.3 Å². The summed E-state index contributed by atoms with van der Waals surface area (Å²) < 4.78 is 10.4. The largest absolute Gasteiger partial charge is 0.494 e. The van der Waals surface area contributed by atoms with Crippen LogP contribution in [0.25, 0.3) is 11.1 Å². The third kappa shape index (κ3) is 3.10. The Kier molecular flexibility index (Phi) is 4.83. The fraction of sp³-hybridized carbons (Fsp3) is 0.125. The second-order valence-corrected chi connectivity index (χ2v) is 4.18. The molecule has 22 heavy (non-hydrogen) atoms. The molecule has 0 fully saturated rings. The van der Waals surface area contributed by atoms with Gasteiger partial charge >= 0.3 is 0 Å². The molecule has 2 aromatic carbocycles. The van der Waals surface area contributed by atoms with Crippen LogP contribution in [-0.4, -0.2) is 26.4 Å². The molecule has 0 aliphatic heterocycles. The molecule has 6 heteroatoms. The van der Waals surface area contributed by atoms with Gasteiger partial charge in [0.15, 0.2) is 0 Å². The molecule has 110 valence electrons. The standard InChI is InChI=1S/C16H12N2O4/c1-21-15-7-11(3-5-13(15)17-9-19)12-4-6-14(18-10-20)16(8-12)22-2/h3-8H,1-2H3. The zero-order valence-corrected chi connectivity index (χ0v) is 12.0. The number of benzene rings is 2. The number of carbonyl (C=O) groups excluding carboxylic acids is 2. The Morgan fingerprint density at radius 2 is 1.18 bits per heavy atom. The number of rotatable bonds is 5. The fourth-order valence-electron chi connectivity index (χ4n) is 2.00. The molecular formula is C16H12N2O4. The van der Waals surface area contributed by atoms with E-state index in [0.29, 0.717) is 22.9 Å². The SMILES string of the molecule is COc1cc(-c2ccc(N=C=O)c(OC)c2)ccc1N=C=O. The molecule has 6 nitrogen and oxygen atoms in total. The van der Waals surface area contributed by atoms with Crippen LogP contribution in [0.15, 0.2) is 46.4 Å². The first-order chi connectivity index (χ1) is 10.7. The lowest BCUT2D eigenvalue weighted by molar-refractivity contribution is 0.415. The van der Waals surface area contributed by atoms with Crippen molar-refractivity contribution in [2.24, 2.45) is 9.98 Å². The summed E-state index contributed by atoms with van der Waals surface area (Å²) in [5.41, 5.74) is 2.47. The lowest BCUT2D eigenvalue weighted by atomic mass is 10.0. The predicted molar refractivity (Wildman–Crippen MR) is 80.5 cm³/mol. The van der Waals surface area contributed by atoms with E-state index in [9.17, 15) is 9.59 Å². The number of nitrogens with zero attached hydrogens (tertiary/aromatic N) is 2. The predicted octanol–water partition coefficient (Wildman–Crippen LogP) is 3.31. The Morgan fingerprint density at radius 1 is 0.773 bits per heavy atom. The highest BCUT2D eigenvalue weighted by atomic mass is 16.5. The third-order valence-electron chi connectivity index (χ3n) is 3.02. The van der Waals surface area contributed by atoms with Gasteiger partial charge in [-0.15, -0.1) is 0 Å². The molecule has 2 rings (SSSR count). The van der Waals surface area contributed by atoms with Crippen molar-refractivity contribution in [2.45, 2.75) is 0 Å². The minimum Gasteiger partial charge on any atom is -0.494 e. The molecule has 0 radical (unpaired) electrons. The minimum atomic E-state index is 0.399. The number of ether oxygens (including phenoxy) is 2. The molecule has 0 saturated heterocycles. The third-order valence-corrected chi connectivity index (χ3v) is 3.02. The number of hydrogen-bond acceptors (Lipinski definition) is 6. The summed E-state index contributed by atoms with van der Waals surface area (Å²) in [6.07, 6.45) is 2.97. The van der Waals surface area contributed by atoms with Crippen LogP contribution in [0.1, 0.15) is 0 Å². The van der Waals surface area contributed by atoms with E-state index < -0.39 is 0 Å². The van der Waals surface area contributed by atoms with E-state index in [1.807, 2.05) is 0 Å². The normalized spacial score (nSPS) is 9.36. The molecule has 2 aromatic rings. The highest BCUT2D eigenvalue weighted by Crippen LogP contribution is 2.36. The quantitative estimate of drug-likeness (QED) is 0.626. The average molecular weight is 296 g/mol. The Balaban J connectivity index is 2.52. The van der Waals surface area contributed by atoms with Gasteiger partial charge in [-0.2, -0.15) is 9.98 Å². The van der Waals surface area contributed by atoms with Crippen LogP contribution < -0.4 is 9.47 Å². The van der Waals surface area contributed by atoms with E-state index in [-0.39, 0.29) is 0 Å². The van der Waals surface area contributed by atoms with Crippen molar-refractivity contribution in [2.75, 3.05) is 14.2 Å². The van der Waals surface area contributed by atoms with Gasteiger partial charge < -0.3 is 9.47 Å². The molecule has 0 bridgehead atoms. The van der Waals surface area contributed by atoms with Crippen molar-refractivity contribution in [3.05, 3.63) is 36.4 Å². The second kappa shape index (κ2) is 6.99. The summed E-state index contributed by atoms with van der Waals surface area (Å²) >= 11 is 0. The van der Waals surface area contributed by atoms with Crippen LogP contribution in [0, 0.1) is 0 Å². The summed E-state index contributed by atoms with van der Waals surface area (Å²) in [6, 6.07) is 10.4. The van der Waals surface area contributed by atoms with Crippen molar-refractivity contribution in [3.8, 4) is 22.6 Å². The van der Waals surface area contributed by atoms with E-state index in [1.165, 1.54) is 26.4 Å². The van der Waals surface area contributed by atoms with Gasteiger partial charge in [-0.25, -0.2) is 9.59 Å². The molecule has 0 aliphatic rings. The summed E-state index contributed by atoms with van der Waals surface area (Å²) in [7, 11) is 2.98. The molecule has 0 aliphatic carbocycles. The first kappa shape index (κ1) is 15.2. The van der Waals surface area contributed by atoms with Crippen LogP contribution >= 0.6 is 0 Å². The molecule has 0 heterocycles. The summed E-state index contributed by atoms with van der Waals surface area (Å²) in [5, 5.41) is 0. The highest BCUT2D eigenvalue weighted by Gasteiger charge is 2.08. The maximum atomic E-state index is 10.4. The van der Waals surface area contributed by atoms with Gasteiger partial charge in [0.05, 0.1) is 14.2 Å². The van der Waals surface area contributed by atoms with Crippen LogP contribution in [0.2, 0.25) is 0 Å². The number of methoxy groups -OCH3 is 2. The maximum Gasteiger partial charge on any atom is 0.240 e. The molecule has 0 atom stereocenters. The van der Waals surface area contributed by atoms with Gasteiger partial charge in [0.1, 0.15) is 22.9 Å². The average Bonchev–Trinajstić information content (AvgIpc) is 2.56. The van der Waals surface area contributed by atoms with Crippen LogP contribution in [0.5, 0.6) is 11.5 Å². The number of aliphatic imine (C=N–C) groups is 2. The van der Waals surface area contributed by atoms with Gasteiger partial charge in [0.25, 0.3) is 0 Å². The maximum absolute atomic E-state index is 10.4. The summed E-state index contributed by atoms with van der Waals surface area (Å²) in [6.45, 7) is 0. The van der Waals surface area contributed by atoms with Gasteiger partial charge in [-0.1, -0.05) is 12.1 Å². The first-order valence-electron chi connectivity index (χ1n) is 6.25. The van der Waals surface area contributed by atoms with Crippen molar-refractivity contribution in [1.29, 1.82) is 0 Å². The minimum absolute atomic E-state index is 0.399. The second-order valence-electron chi connectivity index (χ2n) is 4.18. The Morgan fingerprint density at radius 3 is 1.50 bits per heavy atom. The fourth-order valence-corrected chi connectivity index (χ4v) is 2.00. The molecule has 0 aromatic heterocycles. The van der Waals surface area contributed by atoms with Gasteiger partial charge in [0.2, 0.25) is 12.2 Å². The van der Waals surface area contributed by atoms with Crippen molar-refractivity contribution < 1.29 is 19.1 Å². The monoisotopic (exact) mass is 296 g/mol. The zero-order valence-electron chi connectivity index (χ0n) is 12.0. The van der Waals surface area contributed by atoms with Crippen molar-refractivity contribution in [1.82, 2.24) is 0 Å². The van der Waals surface area contributed by atoms with Gasteiger partial charge in [-0.05, 0) is 35.4 Å². The van der Waals surface area contributed by atoms with Gasteiger partial charge in [-0.3, -0.25) is 0 Å². The molecule has 0 spiro atoms. The zero-order chi connectivity index (χ0) is 15.9. The molecule has 0 saturated carbocycles. The lowest BCUT2D eigenvalue weighted by Gasteiger charge is -2.09. The van der Waals surface area contributed by atoms with E-state index >= 15 is 0 Å². The first-order valence-corrected chi connectivity index (χ1v) is 6.25. The van der Waals surface area contributed by atoms with Crippen LogP contribution in [0.3, 0.4) is 0 Å². The Bertz CT molecular complexity index is 721. The van der Waals surface area contributed by atoms with Crippen LogP contribution in [-0.2, 0) is 9.59 Å². The highest BCUT2D eigenvalue weighted by molar-refractivity contribution is 5.74. The van der Waals surface area contributed by atoms with Crippen molar-refractivity contribution in [3.63, 3.8) is 0 Å². The molecule has 0 N–H and O–H groups in total. The van der Waals surface area contributed by atoms with E-state index in [0.717, 1.165) is 11.1 Å². The number of isocyanates is 2. The van der Waals surface area contributed by atoms with Crippen molar-refractivity contribution >= 4 is 23.5 Å². The summed E-state index contributed by atoms with van der Waals surface area (Å²) in [4.78, 5) is 27.9. The number of hydrogen-bond donors (Lipinski definition) is 0. The van der Waals surface area contributed by atoms with E-state index in [4.69, 9.17) is 9.47 Å². The van der Waals surface area contributed by atoms with Crippen LogP contribution in [0.4, 0.5) is 11.4 Å². The lowest BCUT2D eigenvalue weighted by Crippen LogP contribution is -1.87. The summed E-state index contributed by atoms with van der Waals surface area (Å²) in [5.74, 6) is 0.907. The smallest absolute Gasteiger partial charge is 0.240 e. The molecule has 0 amide bonds. The Hall–Kier alpha value is -3.20. The van der Waals surface area contributed by atoms with Gasteiger partial charge in [0, 0.05) is 0 Å². The van der Waals surface area contributed by atoms with E-state index in [1.54, 1.807) is 36.4 Å². The Labute approximate surface area is 126 Å². The molecular weight excluding hydrogens is 284 g/mol. The van der Waals surface area contributed by atoms with E-state index in [2.05, 4.69) is 9.98 Å². The molecule has 0 unspecified atom stereocenters.